The van der Waals surface area contributed by atoms with Crippen molar-refractivity contribution in [1.82, 2.24) is 0 Å². The molecule has 0 saturated heterocycles. The standard InChI is InChI=1S/C14H13N3O2/c1-10-8-11-4-2-3-5-12(11)13(9-10)16-7-6-15-14(16)17(18)19/h2-5,8-9H,6-7H2,1H3. The molecule has 0 bridgehead atoms. The first kappa shape index (κ1) is 11.6. The molecule has 5 nitrogen and oxygen atoms in total. The molecule has 0 N–H and O–H groups in total. The van der Waals surface area contributed by atoms with Crippen LogP contribution in [0.2, 0.25) is 0 Å². The van der Waals surface area contributed by atoms with Gasteiger partial charge in [0.1, 0.15) is 18.8 Å². The molecule has 0 radical (unpaired) electrons. The van der Waals surface area contributed by atoms with E-state index in [-0.39, 0.29) is 5.96 Å². The molecule has 0 unspecified atom stereocenters. The van der Waals surface area contributed by atoms with Crippen LogP contribution >= 0.6 is 0 Å². The topological polar surface area (TPSA) is 58.7 Å². The maximum absolute atomic E-state index is 11.0. The molecule has 19 heavy (non-hydrogen) atoms. The highest BCUT2D eigenvalue weighted by molar-refractivity contribution is 6.03. The lowest BCUT2D eigenvalue weighted by Crippen LogP contribution is -2.33. The lowest BCUT2D eigenvalue weighted by Gasteiger charge is -2.16. The van der Waals surface area contributed by atoms with Crippen LogP contribution in [0.1, 0.15) is 5.56 Å². The number of aryl methyl sites for hydroxylation is 1. The summed E-state index contributed by atoms with van der Waals surface area (Å²) in [6, 6.07) is 12.0. The maximum Gasteiger partial charge on any atom is 0.429 e. The Hall–Kier alpha value is -2.43. The molecule has 0 aromatic heterocycles. The minimum Gasteiger partial charge on any atom is -0.390 e. The van der Waals surface area contributed by atoms with Gasteiger partial charge >= 0.3 is 5.96 Å². The predicted octanol–water partition coefficient (Wildman–Crippen LogP) is 2.60. The molecular formula is C14H13N3O2. The molecule has 0 fully saturated rings. The zero-order chi connectivity index (χ0) is 13.4. The third kappa shape index (κ3) is 1.93. The van der Waals surface area contributed by atoms with Crippen LogP contribution in [0.25, 0.3) is 10.8 Å². The fraction of sp³-hybridized carbons (Fsp3) is 0.214. The second kappa shape index (κ2) is 4.35. The molecule has 96 valence electrons. The number of benzene rings is 2. The summed E-state index contributed by atoms with van der Waals surface area (Å²) in [6.45, 7) is 3.03. The molecule has 2 aromatic rings. The van der Waals surface area contributed by atoms with Crippen molar-refractivity contribution in [3.05, 3.63) is 52.1 Å². The number of hydrogen-bond donors (Lipinski definition) is 0. The first-order valence-corrected chi connectivity index (χ1v) is 6.12. The highest BCUT2D eigenvalue weighted by Gasteiger charge is 2.31. The summed E-state index contributed by atoms with van der Waals surface area (Å²) < 4.78 is 0. The van der Waals surface area contributed by atoms with Crippen molar-refractivity contribution in [3.63, 3.8) is 0 Å². The summed E-state index contributed by atoms with van der Waals surface area (Å²) in [6.07, 6.45) is 0. The quantitative estimate of drug-likeness (QED) is 0.581. The van der Waals surface area contributed by atoms with Crippen LogP contribution in [0, 0.1) is 17.0 Å². The van der Waals surface area contributed by atoms with Crippen LogP contribution in [-0.4, -0.2) is 24.0 Å². The number of guanidine groups is 1. The van der Waals surface area contributed by atoms with Crippen molar-refractivity contribution in [1.29, 1.82) is 0 Å². The van der Waals surface area contributed by atoms with Gasteiger partial charge in [-0.25, -0.2) is 4.90 Å². The average molecular weight is 255 g/mol. The highest BCUT2D eigenvalue weighted by atomic mass is 16.6. The van der Waals surface area contributed by atoms with Crippen LogP contribution in [-0.2, 0) is 0 Å². The van der Waals surface area contributed by atoms with Gasteiger partial charge in [0, 0.05) is 5.39 Å². The fourth-order valence-electron chi connectivity index (χ4n) is 2.48. The van der Waals surface area contributed by atoms with E-state index < -0.39 is 4.92 Å². The van der Waals surface area contributed by atoms with Crippen LogP contribution in [0.15, 0.2) is 41.4 Å². The van der Waals surface area contributed by atoms with Gasteiger partial charge in [-0.3, -0.25) is 0 Å². The van der Waals surface area contributed by atoms with E-state index in [0.29, 0.717) is 13.1 Å². The first-order valence-electron chi connectivity index (χ1n) is 6.12. The molecule has 0 amide bonds. The Bertz CT molecular complexity index is 694. The molecule has 1 aliphatic rings. The lowest BCUT2D eigenvalue weighted by atomic mass is 10.0. The van der Waals surface area contributed by atoms with E-state index in [4.69, 9.17) is 0 Å². The number of nitrogens with zero attached hydrogens (tertiary/aromatic N) is 3. The SMILES string of the molecule is Cc1cc(N2CCN=C2[N+](=O)[O-])c2ccccc2c1. The van der Waals surface area contributed by atoms with Crippen LogP contribution in [0.3, 0.4) is 0 Å². The Kier molecular flexibility index (Phi) is 2.67. The number of fused-ring (bicyclic) bond motifs is 1. The molecule has 5 heteroatoms. The normalized spacial score (nSPS) is 14.8. The molecule has 0 atom stereocenters. The zero-order valence-corrected chi connectivity index (χ0v) is 10.5. The van der Waals surface area contributed by atoms with Gasteiger partial charge in [-0.15, -0.1) is 4.99 Å². The second-order valence-corrected chi connectivity index (χ2v) is 4.60. The predicted molar refractivity (Wildman–Crippen MR) is 75.3 cm³/mol. The van der Waals surface area contributed by atoms with Gasteiger partial charge in [0.25, 0.3) is 0 Å². The molecule has 1 aliphatic heterocycles. The Morgan fingerprint density at radius 1 is 1.32 bits per heavy atom. The zero-order valence-electron chi connectivity index (χ0n) is 10.5. The number of hydrogen-bond acceptors (Lipinski definition) is 4. The third-order valence-electron chi connectivity index (χ3n) is 3.26. The Morgan fingerprint density at radius 3 is 2.89 bits per heavy atom. The monoisotopic (exact) mass is 255 g/mol. The maximum atomic E-state index is 11.0. The van der Waals surface area contributed by atoms with Crippen molar-refractivity contribution < 1.29 is 4.92 Å². The van der Waals surface area contributed by atoms with Gasteiger partial charge in [0.05, 0.1) is 0 Å². The van der Waals surface area contributed by atoms with Gasteiger partial charge in [0.15, 0.2) is 0 Å². The van der Waals surface area contributed by atoms with Crippen LogP contribution in [0.4, 0.5) is 5.69 Å². The van der Waals surface area contributed by atoms with Crippen molar-refractivity contribution in [2.75, 3.05) is 18.0 Å². The van der Waals surface area contributed by atoms with Crippen LogP contribution in [0.5, 0.6) is 0 Å². The van der Waals surface area contributed by atoms with E-state index in [1.807, 2.05) is 37.3 Å². The molecule has 3 rings (SSSR count). The fourth-order valence-corrected chi connectivity index (χ4v) is 2.48. The van der Waals surface area contributed by atoms with E-state index in [9.17, 15) is 10.1 Å². The summed E-state index contributed by atoms with van der Waals surface area (Å²) in [5.74, 6) is -0.0595. The van der Waals surface area contributed by atoms with Gasteiger partial charge in [-0.05, 0) is 28.9 Å². The van der Waals surface area contributed by atoms with Gasteiger partial charge < -0.3 is 10.1 Å². The lowest BCUT2D eigenvalue weighted by molar-refractivity contribution is -0.351. The summed E-state index contributed by atoms with van der Waals surface area (Å²) in [7, 11) is 0. The molecule has 1 heterocycles. The van der Waals surface area contributed by atoms with Crippen molar-refractivity contribution in [2.24, 2.45) is 4.99 Å². The minimum atomic E-state index is -0.413. The summed E-state index contributed by atoms with van der Waals surface area (Å²) in [4.78, 5) is 16.3. The first-order chi connectivity index (χ1) is 9.16. The van der Waals surface area contributed by atoms with Crippen molar-refractivity contribution >= 4 is 22.4 Å². The second-order valence-electron chi connectivity index (χ2n) is 4.60. The number of aliphatic imine (C=N–C) groups is 1. The molecule has 2 aromatic carbocycles. The smallest absolute Gasteiger partial charge is 0.390 e. The molecule has 0 aliphatic carbocycles. The Morgan fingerprint density at radius 2 is 2.11 bits per heavy atom. The largest absolute Gasteiger partial charge is 0.429 e. The van der Waals surface area contributed by atoms with E-state index >= 15 is 0 Å². The Balaban J connectivity index is 2.20. The molecular weight excluding hydrogens is 242 g/mol. The number of nitro groups is 1. The van der Waals surface area contributed by atoms with Gasteiger partial charge in [-0.1, -0.05) is 30.3 Å². The summed E-state index contributed by atoms with van der Waals surface area (Å²) in [5, 5.41) is 13.1. The summed E-state index contributed by atoms with van der Waals surface area (Å²) in [5.41, 5.74) is 1.95. The van der Waals surface area contributed by atoms with Gasteiger partial charge in [-0.2, -0.15) is 0 Å². The van der Waals surface area contributed by atoms with E-state index in [2.05, 4.69) is 11.1 Å². The van der Waals surface area contributed by atoms with Gasteiger partial charge in [0.2, 0.25) is 0 Å². The summed E-state index contributed by atoms with van der Waals surface area (Å²) >= 11 is 0. The minimum absolute atomic E-state index is 0.0595. The van der Waals surface area contributed by atoms with E-state index in [1.54, 1.807) is 4.90 Å². The van der Waals surface area contributed by atoms with E-state index in [1.165, 1.54) is 0 Å². The van der Waals surface area contributed by atoms with Crippen molar-refractivity contribution in [3.8, 4) is 0 Å². The third-order valence-corrected chi connectivity index (χ3v) is 3.26. The van der Waals surface area contributed by atoms with Crippen LogP contribution < -0.4 is 4.90 Å². The number of rotatable bonds is 1. The van der Waals surface area contributed by atoms with E-state index in [0.717, 1.165) is 22.0 Å². The molecule has 0 spiro atoms. The Labute approximate surface area is 110 Å². The molecule has 0 saturated carbocycles. The average Bonchev–Trinajstić information content (AvgIpc) is 2.86. The highest BCUT2D eigenvalue weighted by Crippen LogP contribution is 2.30. The van der Waals surface area contributed by atoms with Crippen molar-refractivity contribution in [2.45, 2.75) is 6.92 Å². The number of anilines is 1.